The van der Waals surface area contributed by atoms with E-state index in [1.165, 1.54) is 122 Å². The Bertz CT molecular complexity index is 3690. The van der Waals surface area contributed by atoms with Crippen molar-refractivity contribution in [2.24, 2.45) is 0 Å². The molecule has 0 fully saturated rings. The molecule has 2 unspecified atom stereocenters. The summed E-state index contributed by atoms with van der Waals surface area (Å²) in [7, 11) is 0. The van der Waals surface area contributed by atoms with Gasteiger partial charge in [-0.05, 0) is 121 Å². The van der Waals surface area contributed by atoms with Gasteiger partial charge in [0.1, 0.15) is 0 Å². The second-order valence-corrected chi connectivity index (χ2v) is 20.3. The fourth-order valence-corrected chi connectivity index (χ4v) is 13.7. The predicted octanol–water partition coefficient (Wildman–Crippen LogP) is 12.5. The summed E-state index contributed by atoms with van der Waals surface area (Å²) in [6, 6.07) is 52.0. The molecule has 298 valence electrons. The van der Waals surface area contributed by atoms with Crippen LogP contribution in [0.1, 0.15) is 85.0 Å². The predicted molar refractivity (Wildman–Crippen MR) is 265 cm³/mol. The molecule has 63 heavy (non-hydrogen) atoms. The van der Waals surface area contributed by atoms with Crippen molar-refractivity contribution in [2.45, 2.75) is 63.2 Å². The molecular formula is C60H45BN2. The van der Waals surface area contributed by atoms with E-state index in [4.69, 9.17) is 0 Å². The van der Waals surface area contributed by atoms with E-state index in [9.17, 15) is 0 Å². The van der Waals surface area contributed by atoms with Gasteiger partial charge in [-0.3, -0.25) is 0 Å². The lowest BCUT2D eigenvalue weighted by atomic mass is 9.34. The quantitative estimate of drug-likeness (QED) is 0.154. The van der Waals surface area contributed by atoms with Crippen molar-refractivity contribution in [3.63, 3.8) is 0 Å². The number of hydrogen-bond acceptors (Lipinski definition) is 0. The molecule has 9 aromatic rings. The molecule has 3 heteroatoms. The van der Waals surface area contributed by atoms with Gasteiger partial charge in [-0.2, -0.15) is 0 Å². The van der Waals surface area contributed by atoms with E-state index in [1.807, 2.05) is 0 Å². The van der Waals surface area contributed by atoms with Gasteiger partial charge in [0.15, 0.2) is 0 Å². The van der Waals surface area contributed by atoms with Gasteiger partial charge >= 0.3 is 0 Å². The maximum absolute atomic E-state index is 2.72. The maximum Gasteiger partial charge on any atom is 0.252 e. The van der Waals surface area contributed by atoms with Gasteiger partial charge in [0.05, 0.1) is 11.2 Å². The van der Waals surface area contributed by atoms with Gasteiger partial charge in [0, 0.05) is 61.2 Å². The molecule has 0 spiro atoms. The number of nitrogens with zero attached hydrogens (tertiary/aromatic N) is 2. The standard InChI is InChI=1S/C60H45BN2/c1-59(2)46-22-12-11-19-38(46)42-30-44-40-20-13-23-50-57(40)62(52(44)32-48(42)59)54-28-37(35-17-9-6-10-18-35)29-55-56(54)61(50)51-24-14-21-41-45-31-43-39-26-25-36(34-15-7-5-8-16-34)27-47(39)60(3,4)49(43)33-53(45)63(55)58(41)51/h5-17,19-29,31-33,35,42H,18,30H2,1-4H3. The van der Waals surface area contributed by atoms with E-state index in [2.05, 4.69) is 201 Å². The molecule has 15 rings (SSSR count). The van der Waals surface area contributed by atoms with Crippen molar-refractivity contribution in [1.82, 2.24) is 9.13 Å². The number of fused-ring (bicyclic) bond motifs is 16. The molecule has 2 nitrogen and oxygen atoms in total. The number of aromatic nitrogens is 2. The zero-order valence-electron chi connectivity index (χ0n) is 36.1. The van der Waals surface area contributed by atoms with E-state index in [0.717, 1.165) is 12.8 Å². The third-order valence-corrected chi connectivity index (χ3v) is 16.7. The molecule has 0 saturated carbocycles. The molecule has 7 aromatic carbocycles. The fraction of sp³-hybridized carbons (Fsp3) is 0.167. The molecule has 0 N–H and O–H groups in total. The third kappa shape index (κ3) is 4.18. The molecule has 2 atom stereocenters. The average molecular weight is 805 g/mol. The van der Waals surface area contributed by atoms with E-state index < -0.39 is 0 Å². The number of hydrogen-bond donors (Lipinski definition) is 0. The summed E-state index contributed by atoms with van der Waals surface area (Å²) in [5.74, 6) is 0.716. The van der Waals surface area contributed by atoms with Crippen LogP contribution in [0, 0.1) is 0 Å². The van der Waals surface area contributed by atoms with Crippen LogP contribution >= 0.6 is 0 Å². The molecule has 4 heterocycles. The van der Waals surface area contributed by atoms with Crippen LogP contribution in [0.4, 0.5) is 0 Å². The Labute approximate surface area is 368 Å². The Kier molecular flexibility index (Phi) is 6.39. The number of para-hydroxylation sites is 2. The molecule has 0 radical (unpaired) electrons. The smallest absolute Gasteiger partial charge is 0.252 e. The monoisotopic (exact) mass is 804 g/mol. The lowest BCUT2D eigenvalue weighted by molar-refractivity contribution is 0.613. The van der Waals surface area contributed by atoms with Crippen LogP contribution in [0.2, 0.25) is 0 Å². The summed E-state index contributed by atoms with van der Waals surface area (Å²) in [6.45, 7) is 9.90. The Morgan fingerprint density at radius 2 is 1.33 bits per heavy atom. The molecule has 6 aliphatic rings. The van der Waals surface area contributed by atoms with E-state index in [1.54, 1.807) is 5.57 Å². The van der Waals surface area contributed by atoms with Gasteiger partial charge in [-0.15, -0.1) is 0 Å². The minimum absolute atomic E-state index is 0.0262. The zero-order valence-corrected chi connectivity index (χ0v) is 36.1. The summed E-state index contributed by atoms with van der Waals surface area (Å²) in [5, 5.41) is 4.11. The largest absolute Gasteiger partial charge is 0.311 e. The normalized spacial score (nSPS) is 19.5. The summed E-state index contributed by atoms with van der Waals surface area (Å²) in [4.78, 5) is 0. The first-order chi connectivity index (χ1) is 30.8. The summed E-state index contributed by atoms with van der Waals surface area (Å²) < 4.78 is 5.42. The molecule has 0 bridgehead atoms. The number of allylic oxidation sites excluding steroid dienone is 5. The first-order valence-electron chi connectivity index (χ1n) is 23.1. The second kappa shape index (κ2) is 11.6. The van der Waals surface area contributed by atoms with Gasteiger partial charge in [-0.1, -0.05) is 161 Å². The SMILES string of the molecule is CC1(C)C2=Cc3c(c4cccc5c4n3-c3cc(C4C=CC=CC4)cc4c3B5c3cccc5c6cc7c(cc6n-4c35)C(C)(C)c3cc(-c4ccccc4)ccc3-7)CC2c2ccccc21. The van der Waals surface area contributed by atoms with Gasteiger partial charge < -0.3 is 9.13 Å². The lowest BCUT2D eigenvalue weighted by Crippen LogP contribution is -2.59. The number of benzene rings is 7. The second-order valence-electron chi connectivity index (χ2n) is 20.3. The highest BCUT2D eigenvalue weighted by Crippen LogP contribution is 2.56. The highest BCUT2D eigenvalue weighted by Gasteiger charge is 2.47. The molecule has 2 aliphatic heterocycles. The van der Waals surface area contributed by atoms with Gasteiger partial charge in [0.25, 0.3) is 6.71 Å². The Morgan fingerprint density at radius 3 is 2.14 bits per heavy atom. The highest BCUT2D eigenvalue weighted by molar-refractivity contribution is 7.00. The van der Waals surface area contributed by atoms with Gasteiger partial charge in [-0.25, -0.2) is 0 Å². The van der Waals surface area contributed by atoms with Crippen molar-refractivity contribution < 1.29 is 0 Å². The Hall–Kier alpha value is -6.84. The van der Waals surface area contributed by atoms with Crippen molar-refractivity contribution in [3.8, 4) is 33.6 Å². The average Bonchev–Trinajstić information content (AvgIpc) is 3.97. The molecule has 2 aromatic heterocycles. The van der Waals surface area contributed by atoms with Crippen molar-refractivity contribution in [3.05, 3.63) is 202 Å². The van der Waals surface area contributed by atoms with Crippen molar-refractivity contribution >= 4 is 61.9 Å². The van der Waals surface area contributed by atoms with Crippen LogP contribution in [-0.4, -0.2) is 15.8 Å². The summed E-state index contributed by atoms with van der Waals surface area (Å²) in [6.07, 6.45) is 13.9. The Balaban J connectivity index is 1.02. The first-order valence-corrected chi connectivity index (χ1v) is 23.1. The molecular weight excluding hydrogens is 759 g/mol. The van der Waals surface area contributed by atoms with Crippen LogP contribution in [0.25, 0.3) is 72.4 Å². The lowest BCUT2D eigenvalue weighted by Gasteiger charge is -2.35. The van der Waals surface area contributed by atoms with Crippen molar-refractivity contribution in [2.75, 3.05) is 0 Å². The minimum Gasteiger partial charge on any atom is -0.311 e. The first kappa shape index (κ1) is 34.7. The molecule has 0 saturated heterocycles. The number of rotatable bonds is 2. The zero-order chi connectivity index (χ0) is 41.7. The molecule has 4 aliphatic carbocycles. The highest BCUT2D eigenvalue weighted by atomic mass is 15.0. The van der Waals surface area contributed by atoms with Crippen LogP contribution in [-0.2, 0) is 17.3 Å². The maximum atomic E-state index is 2.72. The third-order valence-electron chi connectivity index (χ3n) is 16.7. The van der Waals surface area contributed by atoms with Crippen LogP contribution in [0.15, 0.2) is 163 Å². The van der Waals surface area contributed by atoms with E-state index >= 15 is 0 Å². The minimum atomic E-state index is -0.158. The van der Waals surface area contributed by atoms with E-state index in [-0.39, 0.29) is 17.5 Å². The fourth-order valence-electron chi connectivity index (χ4n) is 13.7. The van der Waals surface area contributed by atoms with Crippen molar-refractivity contribution in [1.29, 1.82) is 0 Å². The summed E-state index contributed by atoms with van der Waals surface area (Å²) in [5.41, 5.74) is 27.8. The van der Waals surface area contributed by atoms with Crippen LogP contribution in [0.3, 0.4) is 0 Å². The molecule has 0 amide bonds. The summed E-state index contributed by atoms with van der Waals surface area (Å²) >= 11 is 0. The van der Waals surface area contributed by atoms with Gasteiger partial charge in [0.2, 0.25) is 0 Å². The topological polar surface area (TPSA) is 9.86 Å². The Morgan fingerprint density at radius 1 is 0.587 bits per heavy atom. The van der Waals surface area contributed by atoms with E-state index in [0.29, 0.717) is 11.8 Å². The van der Waals surface area contributed by atoms with Crippen LogP contribution in [0.5, 0.6) is 0 Å². The van der Waals surface area contributed by atoms with Crippen LogP contribution < -0.4 is 16.4 Å².